The number of fused-ring (bicyclic) bond motifs is 3. The van der Waals surface area contributed by atoms with Gasteiger partial charge < -0.3 is 14.3 Å². The molecule has 3 aromatic heterocycles. The van der Waals surface area contributed by atoms with E-state index >= 15 is 0 Å². The van der Waals surface area contributed by atoms with Crippen LogP contribution in [0.4, 0.5) is 0 Å². The molecule has 1 saturated carbocycles. The van der Waals surface area contributed by atoms with Crippen molar-refractivity contribution < 1.29 is 13.5 Å². The summed E-state index contributed by atoms with van der Waals surface area (Å²) in [5, 5.41) is 1.83. The highest BCUT2D eigenvalue weighted by Gasteiger charge is 2.38. The molecule has 5 rings (SSSR count). The standard InChI is InChI=1S/C26H37N5O3S/c1-16(2)15-34-20-5-4-12-31(14-20)26(35(32)33)19-8-6-18(7-9-19)24-23-21-10-11-27-25(21)28-13-22(23)29-17(3)30-24/h10-11,13,16,18-20,26H,4-9,12,14-15H2,1-3H3,(H,29,30)(H,32,33). The highest BCUT2D eigenvalue weighted by Crippen LogP contribution is 2.41. The largest absolute Gasteiger partial charge is 0.377 e. The van der Waals surface area contributed by atoms with Gasteiger partial charge in [-0.2, -0.15) is 0 Å². The first kappa shape index (κ1) is 24.7. The molecule has 1 saturated heterocycles. The molecule has 1 aliphatic heterocycles. The molecule has 0 bridgehead atoms. The zero-order valence-electron chi connectivity index (χ0n) is 20.9. The molecule has 35 heavy (non-hydrogen) atoms. The molecule has 2 fully saturated rings. The van der Waals surface area contributed by atoms with Crippen molar-refractivity contribution in [1.29, 1.82) is 0 Å². The number of aryl methyl sites for hydroxylation is 1. The van der Waals surface area contributed by atoms with Gasteiger partial charge in [0.15, 0.2) is 16.7 Å². The average molecular weight is 500 g/mol. The van der Waals surface area contributed by atoms with E-state index in [9.17, 15) is 8.76 Å². The number of hydrogen-bond acceptors (Lipinski definition) is 6. The Morgan fingerprint density at radius 1 is 1.23 bits per heavy atom. The maximum Gasteiger partial charge on any atom is 0.171 e. The third-order valence-electron chi connectivity index (χ3n) is 7.61. The fourth-order valence-corrected chi connectivity index (χ4v) is 7.08. The second-order valence-corrected chi connectivity index (χ2v) is 11.7. The normalized spacial score (nSPS) is 25.9. The Bertz CT molecular complexity index is 1190. The summed E-state index contributed by atoms with van der Waals surface area (Å²) in [5.74, 6) is 1.93. The van der Waals surface area contributed by atoms with Crippen molar-refractivity contribution in [2.45, 2.75) is 76.7 Å². The Morgan fingerprint density at radius 2 is 2.03 bits per heavy atom. The lowest BCUT2D eigenvalue weighted by Crippen LogP contribution is -2.51. The molecule has 3 atom stereocenters. The van der Waals surface area contributed by atoms with Gasteiger partial charge in [-0.3, -0.25) is 4.90 Å². The molecule has 2 N–H and O–H groups in total. The number of ether oxygens (including phenoxy) is 1. The molecule has 0 radical (unpaired) electrons. The molecular formula is C26H37N5O3S. The monoisotopic (exact) mass is 499 g/mol. The Balaban J connectivity index is 1.33. The van der Waals surface area contributed by atoms with Crippen LogP contribution in [-0.4, -0.2) is 64.8 Å². The van der Waals surface area contributed by atoms with Gasteiger partial charge in [0.1, 0.15) is 11.2 Å². The smallest absolute Gasteiger partial charge is 0.171 e. The van der Waals surface area contributed by atoms with E-state index in [4.69, 9.17) is 4.74 Å². The minimum Gasteiger partial charge on any atom is -0.377 e. The van der Waals surface area contributed by atoms with Crippen LogP contribution >= 0.6 is 0 Å². The van der Waals surface area contributed by atoms with Crippen LogP contribution in [0.3, 0.4) is 0 Å². The Morgan fingerprint density at radius 3 is 2.77 bits per heavy atom. The molecule has 4 heterocycles. The minimum atomic E-state index is -1.88. The fourth-order valence-electron chi connectivity index (χ4n) is 6.03. The number of rotatable bonds is 7. The van der Waals surface area contributed by atoms with E-state index in [1.165, 1.54) is 5.69 Å². The maximum atomic E-state index is 12.6. The first-order valence-corrected chi connectivity index (χ1v) is 14.1. The summed E-state index contributed by atoms with van der Waals surface area (Å²) in [5.41, 5.74) is 2.85. The number of aromatic nitrogens is 4. The quantitative estimate of drug-likeness (QED) is 0.451. The summed E-state index contributed by atoms with van der Waals surface area (Å²) in [6, 6.07) is 2.02. The van der Waals surface area contributed by atoms with Crippen LogP contribution in [0.15, 0.2) is 18.5 Å². The second-order valence-electron chi connectivity index (χ2n) is 10.7. The number of hydrogen-bond donors (Lipinski definition) is 2. The lowest BCUT2D eigenvalue weighted by Gasteiger charge is -2.42. The van der Waals surface area contributed by atoms with Gasteiger partial charge >= 0.3 is 0 Å². The van der Waals surface area contributed by atoms with E-state index in [1.807, 2.05) is 19.2 Å². The van der Waals surface area contributed by atoms with Crippen LogP contribution in [0.5, 0.6) is 0 Å². The number of nitrogens with one attached hydrogen (secondary N) is 1. The number of H-pyrrole nitrogens is 1. The lowest BCUT2D eigenvalue weighted by atomic mass is 9.79. The number of pyridine rings is 1. The predicted molar refractivity (Wildman–Crippen MR) is 139 cm³/mol. The van der Waals surface area contributed by atoms with Gasteiger partial charge in [-0.05, 0) is 75.8 Å². The van der Waals surface area contributed by atoms with E-state index in [-0.39, 0.29) is 17.4 Å². The molecule has 0 spiro atoms. The molecule has 2 aliphatic rings. The Labute approximate surface area is 209 Å². The SMILES string of the molecule is Cc1nc2cnc3nccc3c2c(C2CCC(C(N3CCCC(OCC(C)C)C3)S(=O)O)CC2)[nH]1. The lowest BCUT2D eigenvalue weighted by molar-refractivity contribution is -0.0216. The molecule has 0 amide bonds. The molecule has 9 heteroatoms. The minimum absolute atomic E-state index is 0.156. The van der Waals surface area contributed by atoms with Crippen LogP contribution in [0.2, 0.25) is 0 Å². The van der Waals surface area contributed by atoms with E-state index < -0.39 is 11.1 Å². The van der Waals surface area contributed by atoms with Crippen LogP contribution in [0, 0.1) is 18.8 Å². The van der Waals surface area contributed by atoms with Gasteiger partial charge in [0, 0.05) is 35.8 Å². The third kappa shape index (κ3) is 5.28. The predicted octanol–water partition coefficient (Wildman–Crippen LogP) is 4.77. The molecule has 190 valence electrons. The van der Waals surface area contributed by atoms with Crippen molar-refractivity contribution in [3.8, 4) is 0 Å². The molecular weight excluding hydrogens is 462 g/mol. The van der Waals surface area contributed by atoms with Crippen LogP contribution < -0.4 is 0 Å². The Kier molecular flexibility index (Phi) is 7.48. The molecule has 8 nitrogen and oxygen atoms in total. The van der Waals surface area contributed by atoms with E-state index in [0.29, 0.717) is 11.8 Å². The van der Waals surface area contributed by atoms with Gasteiger partial charge in [-0.1, -0.05) is 13.8 Å². The molecule has 1 aliphatic carbocycles. The average Bonchev–Trinajstić information content (AvgIpc) is 3.32. The summed E-state index contributed by atoms with van der Waals surface area (Å²) in [6.07, 6.45) is 9.64. The van der Waals surface area contributed by atoms with Crippen molar-refractivity contribution in [1.82, 2.24) is 24.8 Å². The zero-order chi connectivity index (χ0) is 24.5. The van der Waals surface area contributed by atoms with E-state index in [1.54, 1.807) is 6.20 Å². The molecule has 3 aromatic rings. The highest BCUT2D eigenvalue weighted by molar-refractivity contribution is 7.79. The highest BCUT2D eigenvalue weighted by atomic mass is 32.2. The zero-order valence-corrected chi connectivity index (χ0v) is 21.8. The summed E-state index contributed by atoms with van der Waals surface area (Å²) in [4.78, 5) is 19.3. The first-order chi connectivity index (χ1) is 16.9. The third-order valence-corrected chi connectivity index (χ3v) is 8.71. The van der Waals surface area contributed by atoms with E-state index in [2.05, 4.69) is 38.7 Å². The summed E-state index contributed by atoms with van der Waals surface area (Å²) in [7, 11) is 0. The van der Waals surface area contributed by atoms with Crippen molar-refractivity contribution >= 4 is 33.0 Å². The van der Waals surface area contributed by atoms with Crippen LogP contribution in [0.25, 0.3) is 21.9 Å². The number of likely N-dealkylation sites (tertiary alicyclic amines) is 1. The van der Waals surface area contributed by atoms with Gasteiger partial charge in [0.25, 0.3) is 0 Å². The topological polar surface area (TPSA) is 104 Å². The van der Waals surface area contributed by atoms with Crippen LogP contribution in [0.1, 0.15) is 69.8 Å². The second kappa shape index (κ2) is 10.6. The molecule has 0 aromatic carbocycles. The summed E-state index contributed by atoms with van der Waals surface area (Å²) in [6.45, 7) is 8.67. The van der Waals surface area contributed by atoms with Gasteiger partial charge in [-0.15, -0.1) is 0 Å². The van der Waals surface area contributed by atoms with Crippen molar-refractivity contribution in [3.05, 3.63) is 30.0 Å². The number of aromatic amines is 1. The number of nitrogens with zero attached hydrogens (tertiary/aromatic N) is 4. The fraction of sp³-hybridized carbons (Fsp3) is 0.654. The first-order valence-electron chi connectivity index (χ1n) is 13.0. The Hall–Kier alpha value is -1.94. The van der Waals surface area contributed by atoms with E-state index in [0.717, 1.165) is 86.0 Å². The van der Waals surface area contributed by atoms with Crippen molar-refractivity contribution in [2.24, 2.45) is 11.8 Å². The summed E-state index contributed by atoms with van der Waals surface area (Å²) < 4.78 is 29.0. The van der Waals surface area contributed by atoms with Crippen molar-refractivity contribution in [3.63, 3.8) is 0 Å². The molecule has 3 unspecified atom stereocenters. The van der Waals surface area contributed by atoms with Crippen LogP contribution in [-0.2, 0) is 15.8 Å². The van der Waals surface area contributed by atoms with Gasteiger partial charge in [0.2, 0.25) is 0 Å². The number of piperidine rings is 1. The van der Waals surface area contributed by atoms with Gasteiger partial charge in [0.05, 0.1) is 17.8 Å². The maximum absolute atomic E-state index is 12.6. The van der Waals surface area contributed by atoms with Gasteiger partial charge in [-0.25, -0.2) is 19.2 Å². The van der Waals surface area contributed by atoms with Crippen molar-refractivity contribution in [2.75, 3.05) is 19.7 Å². The summed E-state index contributed by atoms with van der Waals surface area (Å²) >= 11 is -1.88.